The van der Waals surface area contributed by atoms with Crippen LogP contribution in [0.1, 0.15) is 38.2 Å². The summed E-state index contributed by atoms with van der Waals surface area (Å²) in [7, 11) is 0. The summed E-state index contributed by atoms with van der Waals surface area (Å²) in [4.78, 5) is 35.3. The van der Waals surface area contributed by atoms with E-state index in [9.17, 15) is 14.4 Å². The molecule has 1 aliphatic carbocycles. The Hall–Kier alpha value is -2.37. The van der Waals surface area contributed by atoms with Gasteiger partial charge in [-0.05, 0) is 37.5 Å². The molecule has 22 heavy (non-hydrogen) atoms. The smallest absolute Gasteiger partial charge is 0.322 e. The number of nitrogens with one attached hydrogen (secondary N) is 3. The van der Waals surface area contributed by atoms with Crippen LogP contribution in [0.5, 0.6) is 0 Å². The van der Waals surface area contributed by atoms with E-state index in [0.717, 1.165) is 25.7 Å². The summed E-state index contributed by atoms with van der Waals surface area (Å²) in [6.45, 7) is 1.65. The number of hydrogen-bond acceptors (Lipinski definition) is 3. The van der Waals surface area contributed by atoms with Crippen molar-refractivity contribution in [3.05, 3.63) is 29.8 Å². The number of hydrogen-bond donors (Lipinski definition) is 3. The lowest BCUT2D eigenvalue weighted by molar-refractivity contribution is -0.123. The van der Waals surface area contributed by atoms with Crippen LogP contribution in [0.15, 0.2) is 24.3 Å². The van der Waals surface area contributed by atoms with Gasteiger partial charge in [-0.1, -0.05) is 25.0 Å². The fraction of sp³-hybridized carbons (Fsp3) is 0.438. The maximum Gasteiger partial charge on any atom is 0.322 e. The van der Waals surface area contributed by atoms with Crippen LogP contribution in [0, 0.1) is 5.92 Å². The van der Waals surface area contributed by atoms with Gasteiger partial charge in [0.15, 0.2) is 0 Å². The van der Waals surface area contributed by atoms with Crippen molar-refractivity contribution in [2.24, 2.45) is 5.92 Å². The highest BCUT2D eigenvalue weighted by Gasteiger charge is 2.43. The molecule has 1 saturated heterocycles. The van der Waals surface area contributed by atoms with Crippen LogP contribution < -0.4 is 16.0 Å². The van der Waals surface area contributed by atoms with Gasteiger partial charge >= 0.3 is 6.03 Å². The van der Waals surface area contributed by atoms with Gasteiger partial charge in [-0.2, -0.15) is 0 Å². The molecular weight excluding hydrogens is 282 g/mol. The molecule has 0 aromatic heterocycles. The van der Waals surface area contributed by atoms with E-state index in [-0.39, 0.29) is 17.7 Å². The lowest BCUT2D eigenvalue weighted by Crippen LogP contribution is -2.40. The minimum absolute atomic E-state index is 0.0587. The van der Waals surface area contributed by atoms with E-state index in [2.05, 4.69) is 16.0 Å². The second kappa shape index (κ2) is 5.44. The highest BCUT2D eigenvalue weighted by Crippen LogP contribution is 2.28. The van der Waals surface area contributed by atoms with Crippen molar-refractivity contribution in [2.75, 3.05) is 5.32 Å². The first-order valence-corrected chi connectivity index (χ1v) is 7.54. The summed E-state index contributed by atoms with van der Waals surface area (Å²) in [6, 6.07) is 6.51. The monoisotopic (exact) mass is 301 g/mol. The minimum Gasteiger partial charge on any atom is -0.326 e. The predicted octanol–water partition coefficient (Wildman–Crippen LogP) is 1.87. The van der Waals surface area contributed by atoms with Crippen molar-refractivity contribution in [1.29, 1.82) is 0 Å². The highest BCUT2D eigenvalue weighted by molar-refractivity contribution is 6.07. The number of imide groups is 1. The molecule has 116 valence electrons. The third-order valence-corrected chi connectivity index (χ3v) is 4.50. The van der Waals surface area contributed by atoms with Crippen LogP contribution in [0.4, 0.5) is 10.5 Å². The summed E-state index contributed by atoms with van der Waals surface area (Å²) < 4.78 is 0. The lowest BCUT2D eigenvalue weighted by Gasteiger charge is -2.21. The zero-order valence-electron chi connectivity index (χ0n) is 12.4. The molecule has 1 heterocycles. The topological polar surface area (TPSA) is 87.3 Å². The summed E-state index contributed by atoms with van der Waals surface area (Å²) in [5, 5.41) is 7.75. The molecule has 6 nitrogen and oxygen atoms in total. The summed E-state index contributed by atoms with van der Waals surface area (Å²) in [5.74, 6) is -0.208. The standard InChI is InChI=1S/C16H19N3O3/c1-16(14(21)18-15(22)19-16)11-6-8-12(9-7-11)17-13(20)10-4-2-3-5-10/h6-10H,2-5H2,1H3,(H,17,20)(H2,18,19,21,22). The second-order valence-electron chi connectivity index (χ2n) is 6.08. The Morgan fingerprint density at radius 3 is 2.36 bits per heavy atom. The zero-order valence-corrected chi connectivity index (χ0v) is 12.4. The molecule has 6 heteroatoms. The molecule has 3 rings (SSSR count). The van der Waals surface area contributed by atoms with Crippen molar-refractivity contribution in [2.45, 2.75) is 38.1 Å². The van der Waals surface area contributed by atoms with Crippen LogP contribution in [0.2, 0.25) is 0 Å². The van der Waals surface area contributed by atoms with Gasteiger partial charge in [0, 0.05) is 11.6 Å². The lowest BCUT2D eigenvalue weighted by atomic mass is 9.92. The molecule has 4 amide bonds. The second-order valence-corrected chi connectivity index (χ2v) is 6.08. The number of carbonyl (C=O) groups excluding carboxylic acids is 3. The average Bonchev–Trinajstić information content (AvgIpc) is 3.09. The van der Waals surface area contributed by atoms with Gasteiger partial charge < -0.3 is 10.6 Å². The first-order valence-electron chi connectivity index (χ1n) is 7.54. The zero-order chi connectivity index (χ0) is 15.7. The maximum atomic E-state index is 12.1. The van der Waals surface area contributed by atoms with Crippen molar-refractivity contribution in [3.8, 4) is 0 Å². The van der Waals surface area contributed by atoms with Crippen molar-refractivity contribution < 1.29 is 14.4 Å². The van der Waals surface area contributed by atoms with Gasteiger partial charge in [0.05, 0.1) is 0 Å². The Morgan fingerprint density at radius 2 is 1.82 bits per heavy atom. The van der Waals surface area contributed by atoms with E-state index < -0.39 is 11.6 Å². The summed E-state index contributed by atoms with van der Waals surface area (Å²) in [5.41, 5.74) is 0.314. The number of carbonyl (C=O) groups is 3. The summed E-state index contributed by atoms with van der Waals surface area (Å²) >= 11 is 0. The molecule has 1 aromatic rings. The van der Waals surface area contributed by atoms with Gasteiger partial charge in [-0.25, -0.2) is 4.79 Å². The maximum absolute atomic E-state index is 12.1. The molecule has 0 spiro atoms. The Kier molecular flexibility index (Phi) is 3.60. The molecule has 3 N–H and O–H groups in total. The molecule has 1 aliphatic heterocycles. The van der Waals surface area contributed by atoms with Crippen molar-refractivity contribution >= 4 is 23.5 Å². The van der Waals surface area contributed by atoms with Crippen LogP contribution in [-0.2, 0) is 15.1 Å². The molecule has 1 saturated carbocycles. The van der Waals surface area contributed by atoms with Gasteiger partial charge in [0.1, 0.15) is 5.54 Å². The molecule has 0 radical (unpaired) electrons. The molecule has 1 atom stereocenters. The van der Waals surface area contributed by atoms with Crippen molar-refractivity contribution in [1.82, 2.24) is 10.6 Å². The molecule has 2 aliphatic rings. The van der Waals surface area contributed by atoms with E-state index >= 15 is 0 Å². The van der Waals surface area contributed by atoms with E-state index in [0.29, 0.717) is 11.3 Å². The largest absolute Gasteiger partial charge is 0.326 e. The van der Waals surface area contributed by atoms with Crippen LogP contribution in [-0.4, -0.2) is 17.8 Å². The highest BCUT2D eigenvalue weighted by atomic mass is 16.2. The fourth-order valence-electron chi connectivity index (χ4n) is 3.07. The van der Waals surface area contributed by atoms with Crippen LogP contribution in [0.25, 0.3) is 0 Å². The van der Waals surface area contributed by atoms with E-state index in [1.54, 1.807) is 31.2 Å². The SMILES string of the molecule is CC1(c2ccc(NC(=O)C3CCCC3)cc2)NC(=O)NC1=O. The first kappa shape index (κ1) is 14.6. The number of rotatable bonds is 3. The van der Waals surface area contributed by atoms with E-state index in [1.807, 2.05) is 0 Å². The fourth-order valence-corrected chi connectivity index (χ4v) is 3.07. The van der Waals surface area contributed by atoms with Gasteiger partial charge in [0.25, 0.3) is 5.91 Å². The predicted molar refractivity (Wildman–Crippen MR) is 81.1 cm³/mol. The Morgan fingerprint density at radius 1 is 1.18 bits per heavy atom. The Balaban J connectivity index is 1.71. The van der Waals surface area contributed by atoms with Crippen LogP contribution in [0.3, 0.4) is 0 Å². The average molecular weight is 301 g/mol. The normalized spacial score (nSPS) is 25.0. The molecular formula is C16H19N3O3. The number of amides is 4. The Bertz CT molecular complexity index is 620. The molecule has 1 aromatic carbocycles. The van der Waals surface area contributed by atoms with E-state index in [1.165, 1.54) is 0 Å². The minimum atomic E-state index is -1.06. The quantitative estimate of drug-likeness (QED) is 0.745. The number of anilines is 1. The molecule has 2 fully saturated rings. The summed E-state index contributed by atoms with van der Waals surface area (Å²) in [6.07, 6.45) is 4.14. The number of benzene rings is 1. The van der Waals surface area contributed by atoms with Gasteiger partial charge in [0.2, 0.25) is 5.91 Å². The first-order chi connectivity index (χ1) is 10.5. The Labute approximate surface area is 128 Å². The number of urea groups is 1. The van der Waals surface area contributed by atoms with Crippen LogP contribution >= 0.6 is 0 Å². The van der Waals surface area contributed by atoms with Gasteiger partial charge in [-0.15, -0.1) is 0 Å². The molecule has 1 unspecified atom stereocenters. The third-order valence-electron chi connectivity index (χ3n) is 4.50. The van der Waals surface area contributed by atoms with Crippen molar-refractivity contribution in [3.63, 3.8) is 0 Å². The van der Waals surface area contributed by atoms with Gasteiger partial charge in [-0.3, -0.25) is 14.9 Å². The van der Waals surface area contributed by atoms with E-state index in [4.69, 9.17) is 0 Å². The third kappa shape index (κ3) is 2.56. The molecule has 0 bridgehead atoms.